The molecule has 0 N–H and O–H groups in total. The van der Waals surface area contributed by atoms with Crippen LogP contribution in [0.2, 0.25) is 0 Å². The number of hydrogen-bond donors (Lipinski definition) is 0. The van der Waals surface area contributed by atoms with Crippen molar-refractivity contribution in [3.05, 3.63) is 249 Å². The molecule has 0 spiro atoms. The summed E-state index contributed by atoms with van der Waals surface area (Å²) in [5, 5.41) is 12.9. The topological polar surface area (TPSA) is 14.8 Å². The highest BCUT2D eigenvalue weighted by atomic mass is 28.3. The second-order valence-corrected chi connectivity index (χ2v) is 20.7. The molecule has 0 aliphatic rings. The summed E-state index contributed by atoms with van der Waals surface area (Å²) in [6.45, 7) is 0. The molecule has 0 radical (unpaired) electrons. The molecule has 13 rings (SSSR count). The highest BCUT2D eigenvalue weighted by Crippen LogP contribution is 2.42. The summed E-state index contributed by atoms with van der Waals surface area (Å²) in [7, 11) is -2.92. The lowest BCUT2D eigenvalue weighted by molar-refractivity contribution is 1.17. The van der Waals surface area contributed by atoms with Crippen LogP contribution in [0.4, 0.5) is 0 Å². The molecule has 300 valence electrons. The molecular weight excluding hydrogens is 791 g/mol. The van der Waals surface area contributed by atoms with E-state index in [1.54, 1.807) is 0 Å². The van der Waals surface area contributed by atoms with Gasteiger partial charge in [-0.2, -0.15) is 0 Å². The average molecular weight is 832 g/mol. The molecule has 64 heavy (non-hydrogen) atoms. The Bertz CT molecular complexity index is 3790. The Balaban J connectivity index is 1.06. The Morgan fingerprint density at radius 1 is 0.234 bits per heavy atom. The number of para-hydroxylation sites is 5. The van der Waals surface area contributed by atoms with E-state index >= 15 is 0 Å². The standard InChI is InChI=1S/C60H41N3Si/c1-4-19-42(20-5-1)63-56-33-16-12-29-51(56)52-39-40-58-59(60(52)63)53-30-13-17-34-57(53)61(58)43-35-37-47(38-36-43)64(45-22-6-2-7-23-45,46-24-8-3-9-25-46)48-26-18-21-44(41-48)62-54-31-14-10-27-49(54)50-28-11-15-32-55(50)62/h1-41H. The van der Waals surface area contributed by atoms with Crippen LogP contribution in [0, 0.1) is 0 Å². The van der Waals surface area contributed by atoms with Crippen molar-refractivity contribution in [3.8, 4) is 17.1 Å². The smallest absolute Gasteiger partial charge is 0.179 e. The van der Waals surface area contributed by atoms with Gasteiger partial charge in [0.15, 0.2) is 8.07 Å². The van der Waals surface area contributed by atoms with Crippen molar-refractivity contribution in [3.63, 3.8) is 0 Å². The molecule has 0 atom stereocenters. The second kappa shape index (κ2) is 14.5. The van der Waals surface area contributed by atoms with E-state index in [1.807, 2.05) is 0 Å². The van der Waals surface area contributed by atoms with Crippen LogP contribution in [0.15, 0.2) is 249 Å². The predicted molar refractivity (Wildman–Crippen MR) is 273 cm³/mol. The molecule has 3 nitrogen and oxygen atoms in total. The lowest BCUT2D eigenvalue weighted by Gasteiger charge is -2.35. The van der Waals surface area contributed by atoms with Gasteiger partial charge in [0.1, 0.15) is 0 Å². The third-order valence-electron chi connectivity index (χ3n) is 13.6. The van der Waals surface area contributed by atoms with Crippen molar-refractivity contribution >= 4 is 94.2 Å². The molecular formula is C60H41N3Si. The highest BCUT2D eigenvalue weighted by Gasteiger charge is 2.41. The molecule has 0 amide bonds. The summed E-state index contributed by atoms with van der Waals surface area (Å²) in [5.74, 6) is 0. The van der Waals surface area contributed by atoms with Gasteiger partial charge in [-0.3, -0.25) is 0 Å². The van der Waals surface area contributed by atoms with Crippen molar-refractivity contribution < 1.29 is 0 Å². The third kappa shape index (κ3) is 5.27. The number of benzene rings is 10. The zero-order chi connectivity index (χ0) is 42.2. The predicted octanol–water partition coefficient (Wildman–Crippen LogP) is 12.4. The zero-order valence-corrected chi connectivity index (χ0v) is 36.0. The quantitative estimate of drug-likeness (QED) is 0.112. The third-order valence-corrected chi connectivity index (χ3v) is 18.3. The van der Waals surface area contributed by atoms with Crippen LogP contribution in [0.5, 0.6) is 0 Å². The van der Waals surface area contributed by atoms with Crippen LogP contribution >= 0.6 is 0 Å². The Morgan fingerprint density at radius 2 is 0.641 bits per heavy atom. The second-order valence-electron chi connectivity index (χ2n) is 16.8. The van der Waals surface area contributed by atoms with E-state index in [4.69, 9.17) is 0 Å². The van der Waals surface area contributed by atoms with Gasteiger partial charge < -0.3 is 13.7 Å². The normalized spacial score (nSPS) is 12.1. The number of hydrogen-bond acceptors (Lipinski definition) is 0. The SMILES string of the molecule is c1ccc(-n2c3ccccc3c3ccc4c(c5ccccc5n4-c4ccc([Si](c5ccccc5)(c5ccccc5)c5cccc(-n6c7ccccc7c7ccccc76)c5)cc4)c32)cc1. The maximum absolute atomic E-state index is 2.92. The number of fused-ring (bicyclic) bond motifs is 10. The van der Waals surface area contributed by atoms with Crippen LogP contribution in [-0.2, 0) is 0 Å². The van der Waals surface area contributed by atoms with Gasteiger partial charge in [0, 0.05) is 49.4 Å². The van der Waals surface area contributed by atoms with Crippen LogP contribution in [0.25, 0.3) is 82.5 Å². The summed E-state index contributed by atoms with van der Waals surface area (Å²) < 4.78 is 7.38. The lowest BCUT2D eigenvalue weighted by Crippen LogP contribution is -2.74. The fourth-order valence-electron chi connectivity index (χ4n) is 10.9. The maximum Gasteiger partial charge on any atom is 0.179 e. The van der Waals surface area contributed by atoms with Crippen molar-refractivity contribution in [2.45, 2.75) is 0 Å². The molecule has 0 unspecified atom stereocenters. The van der Waals surface area contributed by atoms with Gasteiger partial charge in [-0.25, -0.2) is 0 Å². The Morgan fingerprint density at radius 3 is 1.23 bits per heavy atom. The molecule has 13 aromatic rings. The average Bonchev–Trinajstić information content (AvgIpc) is 4.01. The Hall–Kier alpha value is -8.18. The molecule has 0 saturated carbocycles. The van der Waals surface area contributed by atoms with Gasteiger partial charge in [0.25, 0.3) is 0 Å². The molecule has 3 aromatic heterocycles. The monoisotopic (exact) mass is 831 g/mol. The minimum atomic E-state index is -2.92. The van der Waals surface area contributed by atoms with Crippen molar-refractivity contribution in [1.82, 2.24) is 13.7 Å². The summed E-state index contributed by atoms with van der Waals surface area (Å²) in [6.07, 6.45) is 0. The van der Waals surface area contributed by atoms with Crippen LogP contribution < -0.4 is 20.7 Å². The number of rotatable bonds is 7. The maximum atomic E-state index is 2.48. The Labute approximate surface area is 372 Å². The lowest BCUT2D eigenvalue weighted by atomic mass is 10.1. The highest BCUT2D eigenvalue weighted by molar-refractivity contribution is 7.19. The van der Waals surface area contributed by atoms with E-state index in [0.717, 1.165) is 11.4 Å². The molecule has 3 heterocycles. The molecule has 0 aliphatic heterocycles. The zero-order valence-electron chi connectivity index (χ0n) is 35.0. The first kappa shape index (κ1) is 36.5. The molecule has 0 fully saturated rings. The summed E-state index contributed by atoms with van der Waals surface area (Å²) in [4.78, 5) is 0. The van der Waals surface area contributed by atoms with E-state index in [-0.39, 0.29) is 0 Å². The van der Waals surface area contributed by atoms with Gasteiger partial charge in [-0.15, -0.1) is 0 Å². The van der Waals surface area contributed by atoms with E-state index < -0.39 is 8.07 Å². The van der Waals surface area contributed by atoms with E-state index in [2.05, 4.69) is 262 Å². The van der Waals surface area contributed by atoms with Crippen LogP contribution in [0.3, 0.4) is 0 Å². The van der Waals surface area contributed by atoms with Crippen molar-refractivity contribution in [2.24, 2.45) is 0 Å². The fraction of sp³-hybridized carbons (Fsp3) is 0. The number of aromatic nitrogens is 3. The Kier molecular flexibility index (Phi) is 8.23. The molecule has 0 bridgehead atoms. The van der Waals surface area contributed by atoms with Gasteiger partial charge in [-0.1, -0.05) is 182 Å². The molecule has 0 saturated heterocycles. The summed E-state index contributed by atoms with van der Waals surface area (Å²) >= 11 is 0. The largest absolute Gasteiger partial charge is 0.309 e. The minimum Gasteiger partial charge on any atom is -0.309 e. The summed E-state index contributed by atoms with van der Waals surface area (Å²) in [6, 6.07) is 92.3. The van der Waals surface area contributed by atoms with Crippen molar-refractivity contribution in [2.75, 3.05) is 0 Å². The van der Waals surface area contributed by atoms with Gasteiger partial charge >= 0.3 is 0 Å². The number of nitrogens with zero attached hydrogens (tertiary/aromatic N) is 3. The molecule has 4 heteroatoms. The van der Waals surface area contributed by atoms with Crippen LogP contribution in [0.1, 0.15) is 0 Å². The first-order chi connectivity index (χ1) is 31.8. The van der Waals surface area contributed by atoms with E-state index in [0.29, 0.717) is 0 Å². The fourth-order valence-corrected chi connectivity index (χ4v) is 15.7. The first-order valence-electron chi connectivity index (χ1n) is 22.1. The van der Waals surface area contributed by atoms with Crippen LogP contribution in [-0.4, -0.2) is 21.8 Å². The molecule has 0 aliphatic carbocycles. The van der Waals surface area contributed by atoms with Gasteiger partial charge in [-0.05, 0) is 87.5 Å². The van der Waals surface area contributed by atoms with Gasteiger partial charge in [0.05, 0.1) is 33.1 Å². The van der Waals surface area contributed by atoms with E-state index in [1.165, 1.54) is 91.9 Å². The van der Waals surface area contributed by atoms with E-state index in [9.17, 15) is 0 Å². The molecule has 10 aromatic carbocycles. The summed E-state index contributed by atoms with van der Waals surface area (Å²) in [5.41, 5.74) is 10.7. The van der Waals surface area contributed by atoms with Gasteiger partial charge in [0.2, 0.25) is 0 Å². The van der Waals surface area contributed by atoms with Crippen molar-refractivity contribution in [1.29, 1.82) is 0 Å². The first-order valence-corrected chi connectivity index (χ1v) is 24.1. The minimum absolute atomic E-state index is 1.14.